The van der Waals surface area contributed by atoms with Gasteiger partial charge in [-0.25, -0.2) is 0 Å². The Bertz CT molecular complexity index is 805. The maximum absolute atomic E-state index is 5.54. The smallest absolute Gasteiger partial charge is 0.228 e. The standard InChI is InChI=1S/C17H21N5O2S/c1-13-10-15(24-20-13)12-25-17-19-18-16(21-7-3-2-4-8-21)22(17)11-14-6-5-9-23-14/h5-6,9-10H,2-4,7-8,11-12H2,1H3. The molecule has 4 heterocycles. The number of rotatable bonds is 6. The highest BCUT2D eigenvalue weighted by atomic mass is 32.2. The third-order valence-corrected chi connectivity index (χ3v) is 5.24. The third kappa shape index (κ3) is 3.73. The van der Waals surface area contributed by atoms with E-state index in [0.717, 1.165) is 41.4 Å². The Kier molecular flexibility index (Phi) is 4.78. The van der Waals surface area contributed by atoms with Gasteiger partial charge in [0.05, 0.1) is 24.3 Å². The summed E-state index contributed by atoms with van der Waals surface area (Å²) in [5.41, 5.74) is 0.890. The second-order valence-electron chi connectivity index (χ2n) is 6.22. The molecule has 1 aliphatic rings. The number of piperidine rings is 1. The van der Waals surface area contributed by atoms with Crippen LogP contribution in [0.15, 0.2) is 38.6 Å². The van der Waals surface area contributed by atoms with Crippen LogP contribution in [0, 0.1) is 6.92 Å². The number of aryl methyl sites for hydroxylation is 1. The average molecular weight is 359 g/mol. The maximum Gasteiger partial charge on any atom is 0.228 e. The number of hydrogen-bond donors (Lipinski definition) is 0. The molecule has 0 aromatic carbocycles. The zero-order valence-electron chi connectivity index (χ0n) is 14.2. The van der Waals surface area contributed by atoms with E-state index < -0.39 is 0 Å². The molecule has 7 nitrogen and oxygen atoms in total. The van der Waals surface area contributed by atoms with Gasteiger partial charge in [0.15, 0.2) is 5.16 Å². The summed E-state index contributed by atoms with van der Waals surface area (Å²) in [7, 11) is 0. The number of aromatic nitrogens is 4. The van der Waals surface area contributed by atoms with Crippen molar-refractivity contribution in [1.29, 1.82) is 0 Å². The highest BCUT2D eigenvalue weighted by molar-refractivity contribution is 7.98. The van der Waals surface area contributed by atoms with Crippen LogP contribution in [0.2, 0.25) is 0 Å². The van der Waals surface area contributed by atoms with Gasteiger partial charge in [-0.05, 0) is 38.3 Å². The van der Waals surface area contributed by atoms with E-state index >= 15 is 0 Å². The first-order valence-electron chi connectivity index (χ1n) is 8.55. The molecule has 3 aromatic heterocycles. The van der Waals surface area contributed by atoms with Crippen molar-refractivity contribution in [1.82, 2.24) is 19.9 Å². The van der Waals surface area contributed by atoms with Crippen LogP contribution in [0.1, 0.15) is 36.5 Å². The summed E-state index contributed by atoms with van der Waals surface area (Å²) in [5.74, 6) is 3.34. The first kappa shape index (κ1) is 16.3. The molecule has 0 amide bonds. The van der Waals surface area contributed by atoms with Crippen molar-refractivity contribution in [3.63, 3.8) is 0 Å². The Morgan fingerprint density at radius 2 is 2.04 bits per heavy atom. The Labute approximate surface area is 150 Å². The predicted molar refractivity (Wildman–Crippen MR) is 94.7 cm³/mol. The van der Waals surface area contributed by atoms with E-state index in [1.165, 1.54) is 19.3 Å². The molecule has 0 radical (unpaired) electrons. The van der Waals surface area contributed by atoms with Crippen LogP contribution >= 0.6 is 11.8 Å². The Balaban J connectivity index is 1.57. The van der Waals surface area contributed by atoms with Crippen molar-refractivity contribution in [2.45, 2.75) is 43.6 Å². The van der Waals surface area contributed by atoms with Crippen molar-refractivity contribution in [2.24, 2.45) is 0 Å². The molecule has 0 spiro atoms. The molecule has 0 bridgehead atoms. The van der Waals surface area contributed by atoms with Crippen LogP contribution in [0.3, 0.4) is 0 Å². The maximum atomic E-state index is 5.54. The lowest BCUT2D eigenvalue weighted by Gasteiger charge is -2.27. The van der Waals surface area contributed by atoms with Crippen LogP contribution in [0.5, 0.6) is 0 Å². The van der Waals surface area contributed by atoms with Crippen molar-refractivity contribution in [3.05, 3.63) is 41.7 Å². The highest BCUT2D eigenvalue weighted by Crippen LogP contribution is 2.28. The first-order chi connectivity index (χ1) is 12.3. The van der Waals surface area contributed by atoms with Crippen molar-refractivity contribution in [2.75, 3.05) is 18.0 Å². The van der Waals surface area contributed by atoms with Crippen molar-refractivity contribution < 1.29 is 8.94 Å². The quantitative estimate of drug-likeness (QED) is 0.624. The lowest BCUT2D eigenvalue weighted by atomic mass is 10.1. The van der Waals surface area contributed by atoms with Gasteiger partial charge >= 0.3 is 0 Å². The largest absolute Gasteiger partial charge is 0.467 e. The summed E-state index contributed by atoms with van der Waals surface area (Å²) in [6, 6.07) is 5.84. The first-order valence-corrected chi connectivity index (χ1v) is 9.54. The van der Waals surface area contributed by atoms with Gasteiger partial charge in [-0.1, -0.05) is 16.9 Å². The molecule has 25 heavy (non-hydrogen) atoms. The summed E-state index contributed by atoms with van der Waals surface area (Å²) in [6.07, 6.45) is 5.39. The van der Waals surface area contributed by atoms with Crippen LogP contribution in [-0.2, 0) is 12.3 Å². The molecule has 0 unspecified atom stereocenters. The van der Waals surface area contributed by atoms with Gasteiger partial charge in [-0.2, -0.15) is 0 Å². The SMILES string of the molecule is Cc1cc(CSc2nnc(N3CCCCC3)n2Cc2ccco2)on1. The van der Waals surface area contributed by atoms with Gasteiger partial charge in [-0.3, -0.25) is 4.57 Å². The van der Waals surface area contributed by atoms with E-state index in [-0.39, 0.29) is 0 Å². The molecule has 0 saturated carbocycles. The molecule has 132 valence electrons. The van der Waals surface area contributed by atoms with E-state index in [1.807, 2.05) is 25.1 Å². The second-order valence-corrected chi connectivity index (χ2v) is 7.16. The zero-order valence-corrected chi connectivity index (χ0v) is 15.0. The summed E-state index contributed by atoms with van der Waals surface area (Å²) in [5, 5.41) is 13.7. The molecule has 8 heteroatoms. The average Bonchev–Trinajstić information content (AvgIpc) is 3.36. The fourth-order valence-corrected chi connectivity index (χ4v) is 3.84. The molecule has 0 aliphatic carbocycles. The molecule has 3 aromatic rings. The van der Waals surface area contributed by atoms with Crippen molar-refractivity contribution >= 4 is 17.7 Å². The normalized spacial score (nSPS) is 15.0. The van der Waals surface area contributed by atoms with E-state index in [0.29, 0.717) is 12.3 Å². The topological polar surface area (TPSA) is 73.1 Å². The lowest BCUT2D eigenvalue weighted by molar-refractivity contribution is 0.391. The molecular weight excluding hydrogens is 338 g/mol. The summed E-state index contributed by atoms with van der Waals surface area (Å²) in [6.45, 7) is 4.61. The molecule has 1 saturated heterocycles. The molecule has 0 N–H and O–H groups in total. The molecular formula is C17H21N5O2S. The number of nitrogens with zero attached hydrogens (tertiary/aromatic N) is 5. The van der Waals surface area contributed by atoms with Crippen LogP contribution in [-0.4, -0.2) is 33.0 Å². The van der Waals surface area contributed by atoms with Gasteiger partial charge in [0, 0.05) is 19.2 Å². The zero-order chi connectivity index (χ0) is 17.1. The van der Waals surface area contributed by atoms with Gasteiger partial charge in [-0.15, -0.1) is 10.2 Å². The lowest BCUT2D eigenvalue weighted by Crippen LogP contribution is -2.32. The van der Waals surface area contributed by atoms with Crippen LogP contribution in [0.4, 0.5) is 5.95 Å². The predicted octanol–water partition coefficient (Wildman–Crippen LogP) is 3.50. The third-order valence-electron chi connectivity index (χ3n) is 4.25. The molecule has 4 rings (SSSR count). The summed E-state index contributed by atoms with van der Waals surface area (Å²) >= 11 is 1.61. The van der Waals surface area contributed by atoms with E-state index in [1.54, 1.807) is 18.0 Å². The minimum absolute atomic E-state index is 0.629. The monoisotopic (exact) mass is 359 g/mol. The Hall–Kier alpha value is -2.22. The second kappa shape index (κ2) is 7.35. The van der Waals surface area contributed by atoms with Gasteiger partial charge < -0.3 is 13.8 Å². The van der Waals surface area contributed by atoms with E-state index in [4.69, 9.17) is 8.94 Å². The summed E-state index contributed by atoms with van der Waals surface area (Å²) in [4.78, 5) is 2.32. The summed E-state index contributed by atoms with van der Waals surface area (Å²) < 4.78 is 13.0. The van der Waals surface area contributed by atoms with Gasteiger partial charge in [0.25, 0.3) is 0 Å². The van der Waals surface area contributed by atoms with E-state index in [9.17, 15) is 0 Å². The number of hydrogen-bond acceptors (Lipinski definition) is 7. The van der Waals surface area contributed by atoms with Crippen LogP contribution < -0.4 is 4.90 Å². The van der Waals surface area contributed by atoms with Crippen molar-refractivity contribution in [3.8, 4) is 0 Å². The van der Waals surface area contributed by atoms with Gasteiger partial charge in [0.2, 0.25) is 5.95 Å². The fourth-order valence-electron chi connectivity index (χ4n) is 3.03. The number of furan rings is 1. The Morgan fingerprint density at radius 1 is 1.16 bits per heavy atom. The number of anilines is 1. The molecule has 1 aliphatic heterocycles. The van der Waals surface area contributed by atoms with Gasteiger partial charge in [0.1, 0.15) is 11.5 Å². The number of thioether (sulfide) groups is 1. The molecule has 0 atom stereocenters. The Morgan fingerprint density at radius 3 is 2.76 bits per heavy atom. The van der Waals surface area contributed by atoms with Crippen LogP contribution in [0.25, 0.3) is 0 Å². The minimum atomic E-state index is 0.629. The fraction of sp³-hybridized carbons (Fsp3) is 0.471. The van der Waals surface area contributed by atoms with E-state index in [2.05, 4.69) is 24.8 Å². The molecule has 1 fully saturated rings. The highest BCUT2D eigenvalue weighted by Gasteiger charge is 2.21. The minimum Gasteiger partial charge on any atom is -0.467 e.